The Morgan fingerprint density at radius 3 is 2.20 bits per heavy atom. The van der Waals surface area contributed by atoms with Gasteiger partial charge in [-0.2, -0.15) is 10.5 Å². The molecule has 0 bridgehead atoms. The Hall–Kier alpha value is -6.62. The molecule has 2 heterocycles. The lowest BCUT2D eigenvalue weighted by Crippen LogP contribution is -2.25. The number of benzene rings is 5. The summed E-state index contributed by atoms with van der Waals surface area (Å²) in [4.78, 5) is 0. The van der Waals surface area contributed by atoms with Crippen molar-refractivity contribution in [2.24, 2.45) is 0 Å². The zero-order valence-electron chi connectivity index (χ0n) is 28.1. The second-order valence-electron chi connectivity index (χ2n) is 13.0. The van der Waals surface area contributed by atoms with Crippen LogP contribution in [0.5, 0.6) is 0 Å². The molecule has 0 saturated carbocycles. The Morgan fingerprint density at radius 1 is 0.760 bits per heavy atom. The molecule has 2 aromatic heterocycles. The van der Waals surface area contributed by atoms with Crippen molar-refractivity contribution in [2.75, 3.05) is 0 Å². The lowest BCUT2D eigenvalue weighted by Gasteiger charge is -2.27. The highest BCUT2D eigenvalue weighted by molar-refractivity contribution is 5.97. The van der Waals surface area contributed by atoms with Crippen LogP contribution in [0.1, 0.15) is 48.3 Å². The number of para-hydroxylation sites is 2. The zero-order chi connectivity index (χ0) is 34.4. The average molecular weight is 643 g/mol. The molecule has 1 aliphatic rings. The number of rotatable bonds is 6. The van der Waals surface area contributed by atoms with Crippen LogP contribution in [0, 0.1) is 22.7 Å². The zero-order valence-corrected chi connectivity index (χ0v) is 28.1. The highest BCUT2D eigenvalue weighted by atomic mass is 15.0. The van der Waals surface area contributed by atoms with E-state index in [0.717, 1.165) is 77.9 Å². The number of nitrogens with zero attached hydrogens (tertiary/aromatic N) is 4. The Kier molecular flexibility index (Phi) is 7.44. The maximum Gasteiger partial charge on any atom is 0.0991 e. The first-order chi connectivity index (χ1) is 24.5. The van der Waals surface area contributed by atoms with Crippen LogP contribution in [0.15, 0.2) is 134 Å². The summed E-state index contributed by atoms with van der Waals surface area (Å²) in [6.45, 7) is 8.25. The smallest absolute Gasteiger partial charge is 0.0991 e. The molecule has 7 aromatic rings. The van der Waals surface area contributed by atoms with E-state index in [1.165, 1.54) is 0 Å². The molecule has 0 aliphatic heterocycles. The van der Waals surface area contributed by atoms with Crippen molar-refractivity contribution in [1.29, 1.82) is 10.5 Å². The summed E-state index contributed by atoms with van der Waals surface area (Å²) >= 11 is 0. The molecule has 0 radical (unpaired) electrons. The van der Waals surface area contributed by atoms with Crippen molar-refractivity contribution in [2.45, 2.75) is 25.7 Å². The predicted molar refractivity (Wildman–Crippen MR) is 207 cm³/mol. The SMILES string of the molecule is C=Cc1c(/C=C\C)c2ccccc2n1-c1ccc(C#N)cc1-c1ccc(-c2cccc(-n3c4c(c5ccccc53)C=CCC4(C)C#N)c2)cc1. The largest absolute Gasteiger partial charge is 0.311 e. The highest BCUT2D eigenvalue weighted by Gasteiger charge is 2.35. The molecule has 0 amide bonds. The number of hydrogen-bond donors (Lipinski definition) is 0. The van der Waals surface area contributed by atoms with E-state index in [-0.39, 0.29) is 0 Å². The highest BCUT2D eigenvalue weighted by Crippen LogP contribution is 2.43. The molecule has 4 nitrogen and oxygen atoms in total. The van der Waals surface area contributed by atoms with Crippen molar-refractivity contribution in [3.05, 3.63) is 162 Å². The third-order valence-electron chi connectivity index (χ3n) is 9.97. The molecule has 50 heavy (non-hydrogen) atoms. The molecule has 4 heteroatoms. The van der Waals surface area contributed by atoms with Gasteiger partial charge >= 0.3 is 0 Å². The summed E-state index contributed by atoms with van der Waals surface area (Å²) in [6, 6.07) is 44.8. The molecule has 0 N–H and O–H groups in total. The van der Waals surface area contributed by atoms with E-state index >= 15 is 0 Å². The minimum absolute atomic E-state index is 0.604. The Bertz CT molecular complexity index is 2630. The summed E-state index contributed by atoms with van der Waals surface area (Å²) < 4.78 is 4.52. The van der Waals surface area contributed by atoms with E-state index < -0.39 is 5.41 Å². The Labute approximate surface area is 292 Å². The molecule has 8 rings (SSSR count). The molecule has 5 aromatic carbocycles. The van der Waals surface area contributed by atoms with E-state index in [0.29, 0.717) is 12.0 Å². The van der Waals surface area contributed by atoms with Crippen LogP contribution in [0.2, 0.25) is 0 Å². The van der Waals surface area contributed by atoms with Crippen LogP contribution in [0.3, 0.4) is 0 Å². The fourth-order valence-corrected chi connectivity index (χ4v) is 7.64. The standard InChI is InChI=1S/C46H34N4/c1-4-12-36-37-15-6-9-19-43(37)50(41(36)5-2)44-25-20-31(29-47)27-40(44)33-23-21-32(22-24-33)34-13-10-14-35(28-34)49-42-18-8-7-16-38(42)39-17-11-26-46(3,30-48)45(39)49/h4-25,27-28H,2,26H2,1,3H3/b12-4-. The van der Waals surface area contributed by atoms with Crippen LogP contribution in [-0.4, -0.2) is 9.13 Å². The molecule has 0 spiro atoms. The summed E-state index contributed by atoms with van der Waals surface area (Å²) in [5, 5.41) is 22.5. The van der Waals surface area contributed by atoms with Gasteiger partial charge in [-0.1, -0.05) is 104 Å². The van der Waals surface area contributed by atoms with Crippen molar-refractivity contribution in [3.8, 4) is 45.8 Å². The van der Waals surface area contributed by atoms with E-state index in [1.807, 2.05) is 38.1 Å². The van der Waals surface area contributed by atoms with Crippen LogP contribution >= 0.6 is 0 Å². The monoisotopic (exact) mass is 642 g/mol. The first-order valence-electron chi connectivity index (χ1n) is 16.9. The molecule has 1 aliphatic carbocycles. The Morgan fingerprint density at radius 2 is 1.48 bits per heavy atom. The van der Waals surface area contributed by atoms with Gasteiger partial charge < -0.3 is 9.13 Å². The van der Waals surface area contributed by atoms with Gasteiger partial charge in [-0.3, -0.25) is 0 Å². The van der Waals surface area contributed by atoms with Crippen LogP contribution < -0.4 is 0 Å². The summed E-state index contributed by atoms with van der Waals surface area (Å²) in [5.41, 5.74) is 12.6. The van der Waals surface area contributed by atoms with Crippen LogP contribution in [0.4, 0.5) is 0 Å². The van der Waals surface area contributed by atoms with Gasteiger partial charge in [0.15, 0.2) is 0 Å². The Balaban J connectivity index is 1.25. The first-order valence-corrected chi connectivity index (χ1v) is 16.9. The molecular formula is C46H34N4. The van der Waals surface area contributed by atoms with Gasteiger partial charge in [-0.15, -0.1) is 0 Å². The van der Waals surface area contributed by atoms with E-state index in [4.69, 9.17) is 0 Å². The number of fused-ring (bicyclic) bond motifs is 4. The maximum absolute atomic E-state index is 10.4. The maximum atomic E-state index is 10.4. The summed E-state index contributed by atoms with van der Waals surface area (Å²) in [5.74, 6) is 0. The third-order valence-corrected chi connectivity index (χ3v) is 9.97. The van der Waals surface area contributed by atoms with Crippen LogP contribution in [-0.2, 0) is 5.41 Å². The number of aromatic nitrogens is 2. The molecule has 1 atom stereocenters. The number of hydrogen-bond acceptors (Lipinski definition) is 2. The van der Waals surface area contributed by atoms with Crippen molar-refractivity contribution in [3.63, 3.8) is 0 Å². The molecule has 0 fully saturated rings. The van der Waals surface area contributed by atoms with Crippen LogP contribution in [0.25, 0.3) is 73.7 Å². The molecule has 1 unspecified atom stereocenters. The first kappa shape index (κ1) is 30.7. The van der Waals surface area contributed by atoms with Crippen molar-refractivity contribution < 1.29 is 0 Å². The number of nitriles is 2. The minimum Gasteiger partial charge on any atom is -0.311 e. The second-order valence-corrected chi connectivity index (χ2v) is 13.0. The van der Waals surface area contributed by atoms with Gasteiger partial charge in [0.05, 0.1) is 51.2 Å². The molecular weight excluding hydrogens is 609 g/mol. The third kappa shape index (κ3) is 4.73. The van der Waals surface area contributed by atoms with E-state index in [1.54, 1.807) is 0 Å². The fraction of sp³-hybridized carbons (Fsp3) is 0.0870. The summed E-state index contributed by atoms with van der Waals surface area (Å²) in [7, 11) is 0. The predicted octanol–water partition coefficient (Wildman–Crippen LogP) is 11.7. The fourth-order valence-electron chi connectivity index (χ4n) is 7.64. The normalized spacial score (nSPS) is 15.3. The lowest BCUT2D eigenvalue weighted by atomic mass is 9.79. The number of allylic oxidation sites excluding steroid dienone is 2. The van der Waals surface area contributed by atoms with Gasteiger partial charge in [0.25, 0.3) is 0 Å². The second kappa shape index (κ2) is 12.1. The molecule has 0 saturated heterocycles. The quantitative estimate of drug-likeness (QED) is 0.181. The lowest BCUT2D eigenvalue weighted by molar-refractivity contribution is 0.583. The average Bonchev–Trinajstić information content (AvgIpc) is 3.68. The minimum atomic E-state index is -0.638. The van der Waals surface area contributed by atoms with E-state index in [2.05, 4.69) is 149 Å². The van der Waals surface area contributed by atoms with E-state index in [9.17, 15) is 10.5 Å². The summed E-state index contributed by atoms with van der Waals surface area (Å²) in [6.07, 6.45) is 11.1. The van der Waals surface area contributed by atoms with Gasteiger partial charge in [-0.25, -0.2) is 0 Å². The molecule has 238 valence electrons. The van der Waals surface area contributed by atoms with Gasteiger partial charge in [0.1, 0.15) is 0 Å². The van der Waals surface area contributed by atoms with Gasteiger partial charge in [0, 0.05) is 33.2 Å². The topological polar surface area (TPSA) is 57.4 Å². The van der Waals surface area contributed by atoms with Crippen molar-refractivity contribution in [1.82, 2.24) is 9.13 Å². The van der Waals surface area contributed by atoms with Gasteiger partial charge in [0.2, 0.25) is 0 Å². The van der Waals surface area contributed by atoms with Crippen molar-refractivity contribution >= 4 is 40.0 Å². The van der Waals surface area contributed by atoms with Gasteiger partial charge in [-0.05, 0) is 85.5 Å².